The molecule has 4 rings (SSSR count). The number of nitrogens with zero attached hydrogens (tertiary/aromatic N) is 2. The molecule has 146 valence electrons. The van der Waals surface area contributed by atoms with Crippen LogP contribution in [0, 0.1) is 5.82 Å². The lowest BCUT2D eigenvalue weighted by atomic mass is 10.1. The standard InChI is InChI=1S/C20H18BrFN2O4/c21-13-5-6-15(22)14(11-13)19(25)24-12-18(20(26)23-7-9-27-10-8-23)28-17-4-2-1-3-16(17)24/h1-6,11,18H,7-10,12H2. The molecule has 2 aromatic rings. The Labute approximate surface area is 169 Å². The molecular formula is C20H18BrFN2O4. The molecule has 28 heavy (non-hydrogen) atoms. The van der Waals surface area contributed by atoms with Crippen molar-refractivity contribution in [1.82, 2.24) is 4.90 Å². The second-order valence-electron chi connectivity index (χ2n) is 6.55. The molecule has 2 aliphatic rings. The van der Waals surface area contributed by atoms with Crippen molar-refractivity contribution in [3.05, 3.63) is 58.3 Å². The number of carbonyl (C=O) groups excluding carboxylic acids is 2. The van der Waals surface area contributed by atoms with Gasteiger partial charge >= 0.3 is 0 Å². The van der Waals surface area contributed by atoms with E-state index in [1.54, 1.807) is 29.2 Å². The van der Waals surface area contributed by atoms with Crippen LogP contribution in [-0.2, 0) is 9.53 Å². The first-order valence-electron chi connectivity index (χ1n) is 8.94. The molecule has 1 fully saturated rings. The minimum Gasteiger partial charge on any atom is -0.476 e. The molecule has 1 unspecified atom stereocenters. The average Bonchev–Trinajstić information content (AvgIpc) is 2.74. The normalized spacial score (nSPS) is 19.0. The number of ether oxygens (including phenoxy) is 2. The van der Waals surface area contributed by atoms with E-state index in [0.717, 1.165) is 0 Å². The van der Waals surface area contributed by atoms with Crippen LogP contribution in [0.2, 0.25) is 0 Å². The number of carbonyl (C=O) groups is 2. The summed E-state index contributed by atoms with van der Waals surface area (Å²) < 4.78 is 26.1. The Morgan fingerprint density at radius 2 is 1.86 bits per heavy atom. The van der Waals surface area contributed by atoms with Gasteiger partial charge in [-0.15, -0.1) is 0 Å². The Bertz CT molecular complexity index is 917. The van der Waals surface area contributed by atoms with E-state index < -0.39 is 17.8 Å². The molecule has 0 spiro atoms. The summed E-state index contributed by atoms with van der Waals surface area (Å²) in [5, 5.41) is 0. The molecule has 0 radical (unpaired) electrons. The predicted molar refractivity (Wildman–Crippen MR) is 104 cm³/mol. The van der Waals surface area contributed by atoms with Gasteiger partial charge in [-0.05, 0) is 30.3 Å². The highest BCUT2D eigenvalue weighted by Gasteiger charge is 2.37. The minimum absolute atomic E-state index is 0.0119. The molecule has 8 heteroatoms. The van der Waals surface area contributed by atoms with Crippen molar-refractivity contribution in [2.75, 3.05) is 37.7 Å². The van der Waals surface area contributed by atoms with E-state index >= 15 is 0 Å². The number of anilines is 1. The third-order valence-corrected chi connectivity index (χ3v) is 5.27. The Kier molecular flexibility index (Phi) is 5.32. The van der Waals surface area contributed by atoms with E-state index in [-0.39, 0.29) is 18.0 Å². The number of hydrogen-bond acceptors (Lipinski definition) is 4. The molecule has 0 N–H and O–H groups in total. The maximum absolute atomic E-state index is 14.3. The molecule has 2 amide bonds. The van der Waals surface area contributed by atoms with E-state index in [2.05, 4.69) is 15.9 Å². The highest BCUT2D eigenvalue weighted by molar-refractivity contribution is 9.10. The maximum Gasteiger partial charge on any atom is 0.265 e. The fourth-order valence-electron chi connectivity index (χ4n) is 3.35. The number of rotatable bonds is 2. The summed E-state index contributed by atoms with van der Waals surface area (Å²) in [4.78, 5) is 29.1. The fourth-order valence-corrected chi connectivity index (χ4v) is 3.71. The lowest BCUT2D eigenvalue weighted by Crippen LogP contribution is -2.54. The first-order valence-corrected chi connectivity index (χ1v) is 9.73. The molecule has 1 saturated heterocycles. The van der Waals surface area contributed by atoms with Crippen LogP contribution in [0.3, 0.4) is 0 Å². The molecule has 2 aromatic carbocycles. The smallest absolute Gasteiger partial charge is 0.265 e. The Morgan fingerprint density at radius 1 is 1.11 bits per heavy atom. The molecule has 0 saturated carbocycles. The molecule has 0 bridgehead atoms. The van der Waals surface area contributed by atoms with Crippen LogP contribution in [0.25, 0.3) is 0 Å². The van der Waals surface area contributed by atoms with Gasteiger partial charge in [0.15, 0.2) is 6.10 Å². The van der Waals surface area contributed by atoms with E-state index in [4.69, 9.17) is 9.47 Å². The van der Waals surface area contributed by atoms with Crippen molar-refractivity contribution >= 4 is 33.4 Å². The number of benzene rings is 2. The number of para-hydroxylation sites is 2. The molecule has 1 atom stereocenters. The highest BCUT2D eigenvalue weighted by Crippen LogP contribution is 2.35. The zero-order valence-electron chi connectivity index (χ0n) is 14.9. The predicted octanol–water partition coefficient (Wildman–Crippen LogP) is 2.85. The van der Waals surface area contributed by atoms with Crippen LogP contribution in [0.5, 0.6) is 5.75 Å². The monoisotopic (exact) mass is 448 g/mol. The second-order valence-corrected chi connectivity index (χ2v) is 7.47. The topological polar surface area (TPSA) is 59.1 Å². The summed E-state index contributed by atoms with van der Waals surface area (Å²) in [6.45, 7) is 1.92. The molecule has 0 aliphatic carbocycles. The summed E-state index contributed by atoms with van der Waals surface area (Å²) >= 11 is 3.27. The third kappa shape index (κ3) is 3.62. The van der Waals surface area contributed by atoms with Gasteiger partial charge in [-0.1, -0.05) is 28.1 Å². The van der Waals surface area contributed by atoms with Gasteiger partial charge in [-0.3, -0.25) is 9.59 Å². The number of amides is 2. The van der Waals surface area contributed by atoms with Gasteiger partial charge in [0.1, 0.15) is 11.6 Å². The molecule has 2 heterocycles. The van der Waals surface area contributed by atoms with Crippen molar-refractivity contribution in [2.45, 2.75) is 6.10 Å². The van der Waals surface area contributed by atoms with Gasteiger partial charge in [0.2, 0.25) is 0 Å². The number of morpholine rings is 1. The molecular weight excluding hydrogens is 431 g/mol. The quantitative estimate of drug-likeness (QED) is 0.708. The van der Waals surface area contributed by atoms with Crippen molar-refractivity contribution in [2.24, 2.45) is 0 Å². The Hall–Kier alpha value is -2.45. The van der Waals surface area contributed by atoms with E-state index in [1.807, 2.05) is 0 Å². The van der Waals surface area contributed by atoms with Crippen LogP contribution in [0.4, 0.5) is 10.1 Å². The highest BCUT2D eigenvalue weighted by atomic mass is 79.9. The minimum atomic E-state index is -0.854. The van der Waals surface area contributed by atoms with Gasteiger partial charge in [0.25, 0.3) is 11.8 Å². The van der Waals surface area contributed by atoms with Crippen LogP contribution >= 0.6 is 15.9 Å². The van der Waals surface area contributed by atoms with E-state index in [9.17, 15) is 14.0 Å². The third-order valence-electron chi connectivity index (χ3n) is 4.78. The van der Waals surface area contributed by atoms with Crippen molar-refractivity contribution < 1.29 is 23.5 Å². The first-order chi connectivity index (χ1) is 13.5. The first kappa shape index (κ1) is 18.9. The summed E-state index contributed by atoms with van der Waals surface area (Å²) in [6.07, 6.45) is -0.854. The van der Waals surface area contributed by atoms with Crippen LogP contribution < -0.4 is 9.64 Å². The SMILES string of the molecule is O=C(C1CN(C(=O)c2cc(Br)ccc2F)c2ccccc2O1)N1CCOCC1. The van der Waals surface area contributed by atoms with Gasteiger partial charge in [-0.2, -0.15) is 0 Å². The second kappa shape index (κ2) is 7.89. The van der Waals surface area contributed by atoms with Crippen molar-refractivity contribution in [3.63, 3.8) is 0 Å². The molecule has 6 nitrogen and oxygen atoms in total. The van der Waals surface area contributed by atoms with Crippen LogP contribution in [0.1, 0.15) is 10.4 Å². The number of halogens is 2. The van der Waals surface area contributed by atoms with Gasteiger partial charge in [0.05, 0.1) is 31.0 Å². The fraction of sp³-hybridized carbons (Fsp3) is 0.300. The summed E-state index contributed by atoms with van der Waals surface area (Å²) in [6, 6.07) is 11.2. The zero-order chi connectivity index (χ0) is 19.7. The Balaban J connectivity index is 1.66. The molecule has 2 aliphatic heterocycles. The number of hydrogen-bond donors (Lipinski definition) is 0. The maximum atomic E-state index is 14.3. The lowest BCUT2D eigenvalue weighted by molar-refractivity contribution is -0.142. The number of fused-ring (bicyclic) bond motifs is 1. The van der Waals surface area contributed by atoms with Crippen LogP contribution in [-0.4, -0.2) is 55.7 Å². The van der Waals surface area contributed by atoms with Gasteiger partial charge in [0, 0.05) is 17.6 Å². The van der Waals surface area contributed by atoms with Gasteiger partial charge < -0.3 is 19.3 Å². The largest absolute Gasteiger partial charge is 0.476 e. The zero-order valence-corrected chi connectivity index (χ0v) is 16.5. The Morgan fingerprint density at radius 3 is 2.64 bits per heavy atom. The summed E-state index contributed by atoms with van der Waals surface area (Å²) in [5.74, 6) is -0.919. The molecule has 0 aromatic heterocycles. The van der Waals surface area contributed by atoms with E-state index in [1.165, 1.54) is 23.1 Å². The van der Waals surface area contributed by atoms with Gasteiger partial charge in [-0.25, -0.2) is 4.39 Å². The van der Waals surface area contributed by atoms with Crippen LogP contribution in [0.15, 0.2) is 46.9 Å². The van der Waals surface area contributed by atoms with Crippen molar-refractivity contribution in [3.8, 4) is 5.75 Å². The van der Waals surface area contributed by atoms with Crippen molar-refractivity contribution in [1.29, 1.82) is 0 Å². The average molecular weight is 449 g/mol. The van der Waals surface area contributed by atoms with E-state index in [0.29, 0.717) is 42.2 Å². The summed E-state index contributed by atoms with van der Waals surface area (Å²) in [5.41, 5.74) is 0.446. The lowest BCUT2D eigenvalue weighted by Gasteiger charge is -2.37. The summed E-state index contributed by atoms with van der Waals surface area (Å²) in [7, 11) is 0.